The molecule has 0 saturated heterocycles. The van der Waals surface area contributed by atoms with E-state index in [1.807, 2.05) is 6.07 Å². The Kier molecular flexibility index (Phi) is 6.10. The molecular formula is C19H18F3N3O3S. The van der Waals surface area contributed by atoms with Crippen molar-refractivity contribution in [2.24, 2.45) is 0 Å². The van der Waals surface area contributed by atoms with Crippen molar-refractivity contribution in [3.8, 4) is 11.9 Å². The average molecular weight is 425 g/mol. The summed E-state index contributed by atoms with van der Waals surface area (Å²) < 4.78 is 71.7. The molecule has 1 fully saturated rings. The number of halogens is 3. The number of alkyl halides is 3. The Labute approximate surface area is 166 Å². The summed E-state index contributed by atoms with van der Waals surface area (Å²) in [6.45, 7) is 0. The first-order chi connectivity index (χ1) is 13.7. The van der Waals surface area contributed by atoms with Crippen LogP contribution in [0.15, 0.2) is 47.5 Å². The number of hydrogen-bond acceptors (Lipinski definition) is 5. The molecule has 3 rings (SSSR count). The second kappa shape index (κ2) is 8.39. The number of ether oxygens (including phenoxy) is 1. The first-order valence-corrected chi connectivity index (χ1v) is 10.4. The van der Waals surface area contributed by atoms with E-state index in [9.17, 15) is 21.6 Å². The van der Waals surface area contributed by atoms with Crippen molar-refractivity contribution in [2.75, 3.05) is 0 Å². The number of sulfonamides is 1. The van der Waals surface area contributed by atoms with Crippen LogP contribution in [0.3, 0.4) is 0 Å². The van der Waals surface area contributed by atoms with E-state index in [1.165, 1.54) is 6.20 Å². The van der Waals surface area contributed by atoms with Crippen molar-refractivity contribution in [1.29, 1.82) is 5.26 Å². The van der Waals surface area contributed by atoms with Crippen LogP contribution in [-0.4, -0.2) is 25.5 Å². The van der Waals surface area contributed by atoms with Crippen LogP contribution in [-0.2, 0) is 16.2 Å². The van der Waals surface area contributed by atoms with Crippen molar-refractivity contribution >= 4 is 10.0 Å². The highest BCUT2D eigenvalue weighted by Crippen LogP contribution is 2.31. The molecule has 1 aliphatic carbocycles. The molecule has 0 bridgehead atoms. The van der Waals surface area contributed by atoms with Crippen LogP contribution in [0, 0.1) is 11.3 Å². The van der Waals surface area contributed by atoms with E-state index in [1.54, 1.807) is 12.1 Å². The van der Waals surface area contributed by atoms with Gasteiger partial charge in [-0.05, 0) is 49.9 Å². The first-order valence-electron chi connectivity index (χ1n) is 8.90. The molecule has 154 valence electrons. The fraction of sp³-hybridized carbons (Fsp3) is 0.368. The number of nitriles is 1. The third-order valence-electron chi connectivity index (χ3n) is 4.62. The normalized spacial score (nSPS) is 20.1. The standard InChI is InChI=1S/C19H18F3N3O3S/c20-19(21,22)14-2-1-3-17(10-14)29(26,27)25-15-5-7-16(8-6-15)28-18-9-4-13(11-23)12-24-18/h1-4,9-10,12,15-16,25H,5-8H2. The Hall–Kier alpha value is -2.64. The zero-order valence-corrected chi connectivity index (χ0v) is 16.0. The van der Waals surface area contributed by atoms with Gasteiger partial charge in [0.25, 0.3) is 0 Å². The highest BCUT2D eigenvalue weighted by Gasteiger charge is 2.32. The van der Waals surface area contributed by atoms with Crippen LogP contribution in [0.4, 0.5) is 13.2 Å². The maximum absolute atomic E-state index is 12.8. The lowest BCUT2D eigenvalue weighted by molar-refractivity contribution is -0.137. The molecule has 1 heterocycles. The molecule has 29 heavy (non-hydrogen) atoms. The molecule has 0 spiro atoms. The summed E-state index contributed by atoms with van der Waals surface area (Å²) in [6.07, 6.45) is -1.25. The molecule has 1 saturated carbocycles. The molecule has 0 aliphatic heterocycles. The minimum absolute atomic E-state index is 0.148. The molecule has 1 aromatic heterocycles. The van der Waals surface area contributed by atoms with Gasteiger partial charge in [-0.3, -0.25) is 0 Å². The van der Waals surface area contributed by atoms with Crippen LogP contribution in [0.25, 0.3) is 0 Å². The molecule has 1 N–H and O–H groups in total. The minimum Gasteiger partial charge on any atom is -0.474 e. The lowest BCUT2D eigenvalue weighted by atomic mass is 9.94. The zero-order valence-electron chi connectivity index (χ0n) is 15.2. The van der Waals surface area contributed by atoms with Crippen LogP contribution >= 0.6 is 0 Å². The van der Waals surface area contributed by atoms with Gasteiger partial charge >= 0.3 is 6.18 Å². The Morgan fingerprint density at radius 1 is 1.14 bits per heavy atom. The molecule has 0 atom stereocenters. The van der Waals surface area contributed by atoms with Crippen molar-refractivity contribution in [2.45, 2.75) is 48.9 Å². The van der Waals surface area contributed by atoms with Gasteiger partial charge in [-0.1, -0.05) is 6.07 Å². The molecule has 2 aromatic rings. The van der Waals surface area contributed by atoms with E-state index in [0.29, 0.717) is 43.2 Å². The summed E-state index contributed by atoms with van der Waals surface area (Å²) in [7, 11) is -4.06. The monoisotopic (exact) mass is 425 g/mol. The van der Waals surface area contributed by atoms with E-state index in [-0.39, 0.29) is 12.1 Å². The van der Waals surface area contributed by atoms with Crippen molar-refractivity contribution in [3.63, 3.8) is 0 Å². The van der Waals surface area contributed by atoms with Crippen LogP contribution in [0.5, 0.6) is 5.88 Å². The van der Waals surface area contributed by atoms with Gasteiger partial charge in [0.2, 0.25) is 15.9 Å². The summed E-state index contributed by atoms with van der Waals surface area (Å²) in [4.78, 5) is 3.63. The lowest BCUT2D eigenvalue weighted by Crippen LogP contribution is -2.39. The maximum atomic E-state index is 12.8. The Morgan fingerprint density at radius 3 is 2.45 bits per heavy atom. The Balaban J connectivity index is 1.58. The SMILES string of the molecule is N#Cc1ccc(OC2CCC(NS(=O)(=O)c3cccc(C(F)(F)F)c3)CC2)nc1. The van der Waals surface area contributed by atoms with Crippen LogP contribution in [0.2, 0.25) is 0 Å². The fourth-order valence-electron chi connectivity index (χ4n) is 3.11. The van der Waals surface area contributed by atoms with Crippen LogP contribution < -0.4 is 9.46 Å². The quantitative estimate of drug-likeness (QED) is 0.790. The van der Waals surface area contributed by atoms with Crippen molar-refractivity contribution in [1.82, 2.24) is 9.71 Å². The number of nitrogens with zero attached hydrogens (tertiary/aromatic N) is 2. The average Bonchev–Trinajstić information content (AvgIpc) is 2.69. The minimum atomic E-state index is -4.61. The summed E-state index contributed by atoms with van der Waals surface area (Å²) >= 11 is 0. The summed E-state index contributed by atoms with van der Waals surface area (Å²) in [5.74, 6) is 0.386. The van der Waals surface area contributed by atoms with Gasteiger partial charge in [-0.25, -0.2) is 18.1 Å². The number of pyridine rings is 1. The van der Waals surface area contributed by atoms with Gasteiger partial charge in [0, 0.05) is 18.3 Å². The lowest BCUT2D eigenvalue weighted by Gasteiger charge is -2.29. The predicted molar refractivity (Wildman–Crippen MR) is 97.4 cm³/mol. The highest BCUT2D eigenvalue weighted by atomic mass is 32.2. The van der Waals surface area contributed by atoms with Gasteiger partial charge in [-0.15, -0.1) is 0 Å². The number of nitrogens with one attached hydrogen (secondary N) is 1. The zero-order chi connectivity index (χ0) is 21.1. The van der Waals surface area contributed by atoms with Crippen molar-refractivity contribution < 1.29 is 26.3 Å². The molecule has 0 amide bonds. The first kappa shape index (κ1) is 21.1. The predicted octanol–water partition coefficient (Wildman–Crippen LogP) is 3.64. The Bertz CT molecular complexity index is 994. The van der Waals surface area contributed by atoms with Crippen molar-refractivity contribution in [3.05, 3.63) is 53.7 Å². The number of aromatic nitrogens is 1. The molecule has 0 unspecified atom stereocenters. The van der Waals surface area contributed by atoms with Gasteiger partial charge in [0.05, 0.1) is 16.0 Å². The van der Waals surface area contributed by atoms with Gasteiger partial charge in [-0.2, -0.15) is 18.4 Å². The van der Waals surface area contributed by atoms with E-state index in [0.717, 1.165) is 18.2 Å². The molecular weight excluding hydrogens is 407 g/mol. The number of benzene rings is 1. The number of rotatable bonds is 5. The third kappa shape index (κ3) is 5.46. The molecule has 10 heteroatoms. The van der Waals surface area contributed by atoms with E-state index >= 15 is 0 Å². The highest BCUT2D eigenvalue weighted by molar-refractivity contribution is 7.89. The largest absolute Gasteiger partial charge is 0.474 e. The van der Waals surface area contributed by atoms with Gasteiger partial charge in [0.1, 0.15) is 12.2 Å². The molecule has 1 aliphatic rings. The molecule has 6 nitrogen and oxygen atoms in total. The smallest absolute Gasteiger partial charge is 0.416 e. The van der Waals surface area contributed by atoms with Gasteiger partial charge < -0.3 is 4.74 Å². The third-order valence-corrected chi connectivity index (χ3v) is 6.14. The second-order valence-corrected chi connectivity index (χ2v) is 8.45. The topological polar surface area (TPSA) is 92.1 Å². The maximum Gasteiger partial charge on any atom is 0.416 e. The molecule has 0 radical (unpaired) electrons. The summed E-state index contributed by atoms with van der Waals surface area (Å²) in [5.41, 5.74) is -0.586. The van der Waals surface area contributed by atoms with E-state index in [2.05, 4.69) is 9.71 Å². The summed E-state index contributed by atoms with van der Waals surface area (Å²) in [5, 5.41) is 8.77. The second-order valence-electron chi connectivity index (χ2n) is 6.74. The van der Waals surface area contributed by atoms with Crippen LogP contribution in [0.1, 0.15) is 36.8 Å². The summed E-state index contributed by atoms with van der Waals surface area (Å²) in [6, 6.07) is 8.45. The fourth-order valence-corrected chi connectivity index (χ4v) is 4.46. The van der Waals surface area contributed by atoms with Gasteiger partial charge in [0.15, 0.2) is 0 Å². The number of hydrogen-bond donors (Lipinski definition) is 1. The van der Waals surface area contributed by atoms with E-state index in [4.69, 9.17) is 10.00 Å². The van der Waals surface area contributed by atoms with E-state index < -0.39 is 26.7 Å². The Morgan fingerprint density at radius 2 is 1.86 bits per heavy atom. The molecule has 1 aromatic carbocycles.